The first kappa shape index (κ1) is 10.5. The number of nitrogens with zero attached hydrogens (tertiary/aromatic N) is 1. The SMILES string of the molecule is CCC1CC(=O)N(CCC(C)O)O1. The summed E-state index contributed by atoms with van der Waals surface area (Å²) >= 11 is 0. The molecule has 4 nitrogen and oxygen atoms in total. The zero-order chi connectivity index (χ0) is 9.84. The highest BCUT2D eigenvalue weighted by atomic mass is 16.7. The Morgan fingerprint density at radius 2 is 2.46 bits per heavy atom. The van der Waals surface area contributed by atoms with E-state index in [1.165, 1.54) is 5.06 Å². The van der Waals surface area contributed by atoms with Gasteiger partial charge in [0.2, 0.25) is 5.91 Å². The predicted octanol–water partition coefficient (Wildman–Crippen LogP) is 0.700. The minimum Gasteiger partial charge on any atom is -0.393 e. The lowest BCUT2D eigenvalue weighted by molar-refractivity contribution is -0.174. The topological polar surface area (TPSA) is 49.8 Å². The van der Waals surface area contributed by atoms with Crippen LogP contribution in [0.5, 0.6) is 0 Å². The van der Waals surface area contributed by atoms with Gasteiger partial charge in [-0.2, -0.15) is 0 Å². The van der Waals surface area contributed by atoms with E-state index in [1.54, 1.807) is 6.92 Å². The van der Waals surface area contributed by atoms with Gasteiger partial charge in [0, 0.05) is 0 Å². The second-order valence-corrected chi connectivity index (χ2v) is 3.47. The lowest BCUT2D eigenvalue weighted by Crippen LogP contribution is -2.27. The summed E-state index contributed by atoms with van der Waals surface area (Å²) in [6.45, 7) is 4.20. The molecule has 0 spiro atoms. The van der Waals surface area contributed by atoms with Crippen LogP contribution in [-0.2, 0) is 9.63 Å². The molecular formula is C9H17NO3. The molecule has 0 radical (unpaired) electrons. The average molecular weight is 187 g/mol. The lowest BCUT2D eigenvalue weighted by atomic mass is 10.2. The number of hydrogen-bond donors (Lipinski definition) is 1. The Labute approximate surface area is 78.4 Å². The monoisotopic (exact) mass is 187 g/mol. The highest BCUT2D eigenvalue weighted by Crippen LogP contribution is 2.17. The zero-order valence-corrected chi connectivity index (χ0v) is 8.19. The van der Waals surface area contributed by atoms with Crippen LogP contribution in [0.15, 0.2) is 0 Å². The van der Waals surface area contributed by atoms with Gasteiger partial charge in [0.05, 0.1) is 25.2 Å². The standard InChI is InChI=1S/C9H17NO3/c1-3-8-6-9(12)10(13-8)5-4-7(2)11/h7-8,11H,3-6H2,1-2H3. The van der Waals surface area contributed by atoms with E-state index >= 15 is 0 Å². The molecule has 0 bridgehead atoms. The van der Waals surface area contributed by atoms with Crippen LogP contribution < -0.4 is 0 Å². The van der Waals surface area contributed by atoms with Gasteiger partial charge in [0.25, 0.3) is 0 Å². The molecule has 1 amide bonds. The van der Waals surface area contributed by atoms with Crippen LogP contribution in [0.2, 0.25) is 0 Å². The van der Waals surface area contributed by atoms with Crippen molar-refractivity contribution in [1.82, 2.24) is 5.06 Å². The fourth-order valence-electron chi connectivity index (χ4n) is 1.27. The number of carbonyl (C=O) groups excluding carboxylic acids is 1. The van der Waals surface area contributed by atoms with Crippen molar-refractivity contribution < 1.29 is 14.7 Å². The number of carbonyl (C=O) groups is 1. The molecule has 1 aliphatic rings. The van der Waals surface area contributed by atoms with Gasteiger partial charge in [-0.05, 0) is 19.8 Å². The average Bonchev–Trinajstić information content (AvgIpc) is 2.43. The summed E-state index contributed by atoms with van der Waals surface area (Å²) in [6.07, 6.45) is 1.58. The Hall–Kier alpha value is -0.610. The Morgan fingerprint density at radius 3 is 2.92 bits per heavy atom. The molecule has 0 aromatic carbocycles. The summed E-state index contributed by atoms with van der Waals surface area (Å²) in [4.78, 5) is 16.6. The summed E-state index contributed by atoms with van der Waals surface area (Å²) in [6, 6.07) is 0. The maximum atomic E-state index is 11.3. The molecule has 1 N–H and O–H groups in total. The summed E-state index contributed by atoms with van der Waals surface area (Å²) < 4.78 is 0. The second kappa shape index (κ2) is 4.58. The van der Waals surface area contributed by atoms with Gasteiger partial charge in [0.1, 0.15) is 0 Å². The van der Waals surface area contributed by atoms with E-state index in [0.29, 0.717) is 19.4 Å². The molecule has 0 aliphatic carbocycles. The van der Waals surface area contributed by atoms with Crippen molar-refractivity contribution in [3.8, 4) is 0 Å². The summed E-state index contributed by atoms with van der Waals surface area (Å²) in [7, 11) is 0. The molecule has 13 heavy (non-hydrogen) atoms. The van der Waals surface area contributed by atoms with E-state index in [2.05, 4.69) is 0 Å². The van der Waals surface area contributed by atoms with Crippen LogP contribution in [0.4, 0.5) is 0 Å². The smallest absolute Gasteiger partial charge is 0.248 e. The summed E-state index contributed by atoms with van der Waals surface area (Å²) in [5.74, 6) is 0.0347. The first-order valence-electron chi connectivity index (χ1n) is 4.78. The molecule has 76 valence electrons. The van der Waals surface area contributed by atoms with Crippen LogP contribution >= 0.6 is 0 Å². The Kier molecular flexibility index (Phi) is 3.69. The van der Waals surface area contributed by atoms with Crippen LogP contribution in [0.3, 0.4) is 0 Å². The number of rotatable bonds is 4. The maximum Gasteiger partial charge on any atom is 0.248 e. The third-order valence-corrected chi connectivity index (χ3v) is 2.16. The first-order chi connectivity index (χ1) is 6.13. The first-order valence-corrected chi connectivity index (χ1v) is 4.78. The van der Waals surface area contributed by atoms with E-state index in [-0.39, 0.29) is 18.1 Å². The third-order valence-electron chi connectivity index (χ3n) is 2.16. The highest BCUT2D eigenvalue weighted by molar-refractivity contribution is 5.77. The molecule has 1 rings (SSSR count). The Bertz CT molecular complexity index is 182. The van der Waals surface area contributed by atoms with Gasteiger partial charge < -0.3 is 5.11 Å². The van der Waals surface area contributed by atoms with E-state index < -0.39 is 0 Å². The van der Waals surface area contributed by atoms with Crippen LogP contribution in [0.25, 0.3) is 0 Å². The lowest BCUT2D eigenvalue weighted by Gasteiger charge is -2.16. The zero-order valence-electron chi connectivity index (χ0n) is 8.19. The molecule has 2 unspecified atom stereocenters. The fourth-order valence-corrected chi connectivity index (χ4v) is 1.27. The highest BCUT2D eigenvalue weighted by Gasteiger charge is 2.29. The Morgan fingerprint density at radius 1 is 1.77 bits per heavy atom. The maximum absolute atomic E-state index is 11.3. The molecule has 1 heterocycles. The fraction of sp³-hybridized carbons (Fsp3) is 0.889. The molecule has 2 atom stereocenters. The largest absolute Gasteiger partial charge is 0.393 e. The van der Waals surface area contributed by atoms with Crippen molar-refractivity contribution in [3.63, 3.8) is 0 Å². The van der Waals surface area contributed by atoms with Gasteiger partial charge in [-0.15, -0.1) is 0 Å². The quantitative estimate of drug-likeness (QED) is 0.704. The van der Waals surface area contributed by atoms with Gasteiger partial charge in [-0.3, -0.25) is 9.63 Å². The van der Waals surface area contributed by atoms with E-state index in [9.17, 15) is 4.79 Å². The van der Waals surface area contributed by atoms with Crippen LogP contribution in [0, 0.1) is 0 Å². The van der Waals surface area contributed by atoms with Crippen LogP contribution in [0.1, 0.15) is 33.1 Å². The molecule has 1 fully saturated rings. The van der Waals surface area contributed by atoms with Gasteiger partial charge in [0.15, 0.2) is 0 Å². The van der Waals surface area contributed by atoms with Crippen molar-refractivity contribution in [2.24, 2.45) is 0 Å². The number of hydrogen-bond acceptors (Lipinski definition) is 3. The molecule has 0 saturated carbocycles. The number of amides is 1. The molecule has 0 aromatic rings. The van der Waals surface area contributed by atoms with Crippen molar-refractivity contribution >= 4 is 5.91 Å². The molecule has 1 aliphatic heterocycles. The van der Waals surface area contributed by atoms with Crippen LogP contribution in [-0.4, -0.2) is 34.8 Å². The summed E-state index contributed by atoms with van der Waals surface area (Å²) in [5, 5.41) is 10.4. The van der Waals surface area contributed by atoms with Crippen molar-refractivity contribution in [3.05, 3.63) is 0 Å². The normalized spacial score (nSPS) is 25.3. The minimum atomic E-state index is -0.378. The molecule has 1 saturated heterocycles. The van der Waals surface area contributed by atoms with E-state index in [1.807, 2.05) is 6.92 Å². The minimum absolute atomic E-state index is 0.0347. The summed E-state index contributed by atoms with van der Waals surface area (Å²) in [5.41, 5.74) is 0. The number of aliphatic hydroxyl groups is 1. The van der Waals surface area contributed by atoms with Crippen molar-refractivity contribution in [2.75, 3.05) is 6.54 Å². The molecular weight excluding hydrogens is 170 g/mol. The number of aliphatic hydroxyl groups excluding tert-OH is 1. The van der Waals surface area contributed by atoms with Crippen molar-refractivity contribution in [2.45, 2.75) is 45.3 Å². The Balaban J connectivity index is 2.31. The molecule has 0 aromatic heterocycles. The van der Waals surface area contributed by atoms with Crippen molar-refractivity contribution in [1.29, 1.82) is 0 Å². The third kappa shape index (κ3) is 2.97. The molecule has 4 heteroatoms. The predicted molar refractivity (Wildman–Crippen MR) is 47.8 cm³/mol. The van der Waals surface area contributed by atoms with Gasteiger partial charge in [-0.25, -0.2) is 5.06 Å². The van der Waals surface area contributed by atoms with Gasteiger partial charge in [-0.1, -0.05) is 6.92 Å². The second-order valence-electron chi connectivity index (χ2n) is 3.47. The van der Waals surface area contributed by atoms with E-state index in [4.69, 9.17) is 9.94 Å². The van der Waals surface area contributed by atoms with E-state index in [0.717, 1.165) is 6.42 Å². The van der Waals surface area contributed by atoms with Gasteiger partial charge >= 0.3 is 0 Å². The number of hydroxylamine groups is 2.